The fourth-order valence-electron chi connectivity index (χ4n) is 3.43. The van der Waals surface area contributed by atoms with Crippen molar-refractivity contribution in [1.29, 1.82) is 0 Å². The molecule has 1 aliphatic carbocycles. The number of rotatable bonds is 6. The fourth-order valence-corrected chi connectivity index (χ4v) is 3.43. The Bertz CT molecular complexity index is 1040. The molecule has 0 radical (unpaired) electrons. The van der Waals surface area contributed by atoms with E-state index in [1.165, 1.54) is 28.4 Å². The molecule has 0 aliphatic heterocycles. The Kier molecular flexibility index (Phi) is 4.87. The minimum Gasteiger partial charge on any atom is -0.492 e. The second-order valence-electron chi connectivity index (χ2n) is 6.68. The van der Waals surface area contributed by atoms with E-state index in [-0.39, 0.29) is 18.0 Å². The van der Waals surface area contributed by atoms with E-state index in [4.69, 9.17) is 4.74 Å². The number of nitrogens with one attached hydrogen (secondary N) is 1. The number of ether oxygens (including phenoxy) is 1. The second-order valence-corrected chi connectivity index (χ2v) is 6.68. The first-order chi connectivity index (χ1) is 13.2. The molecule has 1 N–H and O–H groups in total. The molecule has 1 aromatic heterocycles. The molecule has 3 aromatic rings. The van der Waals surface area contributed by atoms with Crippen LogP contribution in [0, 0.1) is 0 Å². The highest BCUT2D eigenvalue weighted by Crippen LogP contribution is 2.25. The van der Waals surface area contributed by atoms with Gasteiger partial charge in [-0.25, -0.2) is 4.98 Å². The molecule has 6 nitrogen and oxygen atoms in total. The molecule has 6 heteroatoms. The van der Waals surface area contributed by atoms with Crippen molar-refractivity contribution < 1.29 is 9.53 Å². The van der Waals surface area contributed by atoms with Crippen molar-refractivity contribution in [2.24, 2.45) is 0 Å². The first-order valence-corrected chi connectivity index (χ1v) is 9.16. The lowest BCUT2D eigenvalue weighted by Gasteiger charge is -2.10. The Morgan fingerprint density at radius 1 is 1.15 bits per heavy atom. The number of aromatic nitrogens is 2. The first kappa shape index (κ1) is 17.3. The molecule has 0 saturated carbocycles. The SMILES string of the molecule is O=C(Cn1cnc2ccccc2c1=O)NCCOc1ccc2c(c1)CCC2. The van der Waals surface area contributed by atoms with Gasteiger partial charge in [0.1, 0.15) is 18.9 Å². The molecule has 0 bridgehead atoms. The Hall–Kier alpha value is -3.15. The van der Waals surface area contributed by atoms with Gasteiger partial charge in [0.15, 0.2) is 0 Å². The normalized spacial score (nSPS) is 12.7. The van der Waals surface area contributed by atoms with Gasteiger partial charge in [0.05, 0.1) is 23.8 Å². The summed E-state index contributed by atoms with van der Waals surface area (Å²) < 4.78 is 7.04. The van der Waals surface area contributed by atoms with Gasteiger partial charge in [0, 0.05) is 0 Å². The van der Waals surface area contributed by atoms with E-state index in [1.54, 1.807) is 18.2 Å². The van der Waals surface area contributed by atoms with Gasteiger partial charge in [0.2, 0.25) is 5.91 Å². The molecule has 0 saturated heterocycles. The average Bonchev–Trinajstić information content (AvgIpc) is 3.15. The summed E-state index contributed by atoms with van der Waals surface area (Å²) >= 11 is 0. The molecule has 0 spiro atoms. The molecule has 0 atom stereocenters. The lowest BCUT2D eigenvalue weighted by molar-refractivity contribution is -0.121. The molecule has 1 heterocycles. The number of para-hydroxylation sites is 1. The lowest BCUT2D eigenvalue weighted by Crippen LogP contribution is -2.34. The van der Waals surface area contributed by atoms with Gasteiger partial charge < -0.3 is 10.1 Å². The maximum Gasteiger partial charge on any atom is 0.261 e. The third kappa shape index (κ3) is 3.84. The van der Waals surface area contributed by atoms with Crippen LogP contribution in [-0.2, 0) is 24.2 Å². The van der Waals surface area contributed by atoms with Crippen molar-refractivity contribution in [1.82, 2.24) is 14.9 Å². The second kappa shape index (κ2) is 7.61. The van der Waals surface area contributed by atoms with E-state index >= 15 is 0 Å². The zero-order valence-electron chi connectivity index (χ0n) is 15.0. The maximum atomic E-state index is 12.4. The number of aryl methyl sites for hydroxylation is 2. The Morgan fingerprint density at radius 2 is 2.00 bits per heavy atom. The summed E-state index contributed by atoms with van der Waals surface area (Å²) in [6.45, 7) is 0.705. The summed E-state index contributed by atoms with van der Waals surface area (Å²) in [5, 5.41) is 3.28. The number of nitrogens with zero attached hydrogens (tertiary/aromatic N) is 2. The molecular weight excluding hydrogens is 342 g/mol. The van der Waals surface area contributed by atoms with Gasteiger partial charge in [-0.1, -0.05) is 18.2 Å². The number of hydrogen-bond acceptors (Lipinski definition) is 4. The van der Waals surface area contributed by atoms with Gasteiger partial charge >= 0.3 is 0 Å². The van der Waals surface area contributed by atoms with E-state index in [9.17, 15) is 9.59 Å². The first-order valence-electron chi connectivity index (χ1n) is 9.16. The van der Waals surface area contributed by atoms with Gasteiger partial charge in [0.25, 0.3) is 5.56 Å². The summed E-state index contributed by atoms with van der Waals surface area (Å²) in [6.07, 6.45) is 4.87. The van der Waals surface area contributed by atoms with Crippen LogP contribution >= 0.6 is 0 Å². The molecule has 0 fully saturated rings. The van der Waals surface area contributed by atoms with Crippen LogP contribution in [0.2, 0.25) is 0 Å². The number of amides is 1. The maximum absolute atomic E-state index is 12.4. The minimum atomic E-state index is -0.244. The van der Waals surface area contributed by atoms with Crippen molar-refractivity contribution in [3.8, 4) is 5.75 Å². The lowest BCUT2D eigenvalue weighted by atomic mass is 10.1. The smallest absolute Gasteiger partial charge is 0.261 e. The minimum absolute atomic E-state index is 0.0600. The average molecular weight is 363 g/mol. The Balaban J connectivity index is 1.29. The van der Waals surface area contributed by atoms with Crippen LogP contribution in [0.1, 0.15) is 17.5 Å². The van der Waals surface area contributed by atoms with Crippen molar-refractivity contribution in [3.05, 3.63) is 70.3 Å². The zero-order valence-corrected chi connectivity index (χ0v) is 15.0. The van der Waals surface area contributed by atoms with Crippen LogP contribution in [0.25, 0.3) is 10.9 Å². The largest absolute Gasteiger partial charge is 0.492 e. The van der Waals surface area contributed by atoms with E-state index in [0.717, 1.165) is 18.6 Å². The van der Waals surface area contributed by atoms with Crippen LogP contribution in [0.15, 0.2) is 53.6 Å². The third-order valence-electron chi connectivity index (χ3n) is 4.81. The van der Waals surface area contributed by atoms with Crippen molar-refractivity contribution in [2.75, 3.05) is 13.2 Å². The monoisotopic (exact) mass is 363 g/mol. The molecule has 27 heavy (non-hydrogen) atoms. The molecule has 1 amide bonds. The summed E-state index contributed by atoms with van der Waals surface area (Å²) in [6, 6.07) is 13.3. The van der Waals surface area contributed by atoms with Crippen LogP contribution in [-0.4, -0.2) is 28.6 Å². The van der Waals surface area contributed by atoms with Gasteiger partial charge in [-0.15, -0.1) is 0 Å². The molecule has 0 unspecified atom stereocenters. The number of carbonyl (C=O) groups excluding carboxylic acids is 1. The quantitative estimate of drug-likeness (QED) is 0.681. The fraction of sp³-hybridized carbons (Fsp3) is 0.286. The topological polar surface area (TPSA) is 73.2 Å². The van der Waals surface area contributed by atoms with E-state index < -0.39 is 0 Å². The summed E-state index contributed by atoms with van der Waals surface area (Å²) in [5.74, 6) is 0.589. The van der Waals surface area contributed by atoms with Gasteiger partial charge in [-0.05, 0) is 54.7 Å². The highest BCUT2D eigenvalue weighted by atomic mass is 16.5. The van der Waals surface area contributed by atoms with Crippen molar-refractivity contribution in [3.63, 3.8) is 0 Å². The summed E-state index contributed by atoms with van der Waals surface area (Å²) in [4.78, 5) is 28.7. The van der Waals surface area contributed by atoms with Crippen LogP contribution in [0.5, 0.6) is 5.75 Å². The van der Waals surface area contributed by atoms with E-state index in [0.29, 0.717) is 24.1 Å². The van der Waals surface area contributed by atoms with Gasteiger partial charge in [-0.2, -0.15) is 0 Å². The van der Waals surface area contributed by atoms with E-state index in [2.05, 4.69) is 22.4 Å². The number of hydrogen-bond donors (Lipinski definition) is 1. The Morgan fingerprint density at radius 3 is 2.93 bits per heavy atom. The Labute approximate surface area is 156 Å². The molecule has 2 aromatic carbocycles. The highest BCUT2D eigenvalue weighted by Gasteiger charge is 2.11. The standard InChI is InChI=1S/C21H21N3O3/c25-20(13-24-14-23-19-7-2-1-6-18(19)21(24)26)22-10-11-27-17-9-8-15-4-3-5-16(15)12-17/h1-2,6-9,12,14H,3-5,10-11,13H2,(H,22,25). The number of fused-ring (bicyclic) bond motifs is 2. The molecule has 138 valence electrons. The van der Waals surface area contributed by atoms with Gasteiger partial charge in [-0.3, -0.25) is 14.2 Å². The number of carbonyl (C=O) groups is 1. The van der Waals surface area contributed by atoms with Crippen LogP contribution in [0.4, 0.5) is 0 Å². The summed E-state index contributed by atoms with van der Waals surface area (Å²) in [7, 11) is 0. The zero-order chi connectivity index (χ0) is 18.6. The van der Waals surface area contributed by atoms with Crippen LogP contribution in [0.3, 0.4) is 0 Å². The van der Waals surface area contributed by atoms with E-state index in [1.807, 2.05) is 12.1 Å². The molecular formula is C21H21N3O3. The predicted molar refractivity (Wildman–Crippen MR) is 103 cm³/mol. The molecule has 4 rings (SSSR count). The molecule has 1 aliphatic rings. The summed E-state index contributed by atoms with van der Waals surface area (Å²) in [5.41, 5.74) is 3.18. The van der Waals surface area contributed by atoms with Crippen LogP contribution < -0.4 is 15.6 Å². The highest BCUT2D eigenvalue weighted by molar-refractivity contribution is 5.78. The third-order valence-corrected chi connectivity index (χ3v) is 4.81. The number of benzene rings is 2. The van der Waals surface area contributed by atoms with Crippen molar-refractivity contribution in [2.45, 2.75) is 25.8 Å². The predicted octanol–water partition coefficient (Wildman–Crippen LogP) is 2.08. The van der Waals surface area contributed by atoms with Crippen molar-refractivity contribution >= 4 is 16.8 Å².